The molecule has 0 fully saturated rings. The molecule has 0 saturated heterocycles. The first-order chi connectivity index (χ1) is 7.13. The van der Waals surface area contributed by atoms with Crippen molar-refractivity contribution in [2.24, 2.45) is 0 Å². The van der Waals surface area contributed by atoms with E-state index in [1.165, 1.54) is 0 Å². The van der Waals surface area contributed by atoms with Crippen molar-refractivity contribution < 1.29 is 9.52 Å². The van der Waals surface area contributed by atoms with Gasteiger partial charge in [-0.15, -0.1) is 10.2 Å². The van der Waals surface area contributed by atoms with Crippen LogP contribution in [0.3, 0.4) is 0 Å². The molecule has 1 N–H and O–H groups in total. The molecule has 1 aromatic heterocycles. The summed E-state index contributed by atoms with van der Waals surface area (Å²) in [4.78, 5) is 2.11. The summed E-state index contributed by atoms with van der Waals surface area (Å²) in [6.45, 7) is 4.90. The average molecular weight is 213 g/mol. The molecule has 0 amide bonds. The Morgan fingerprint density at radius 1 is 1.47 bits per heavy atom. The van der Waals surface area contributed by atoms with E-state index in [0.29, 0.717) is 11.8 Å². The molecule has 1 rings (SSSR count). The third-order valence-electron chi connectivity index (χ3n) is 2.49. The van der Waals surface area contributed by atoms with Crippen LogP contribution in [0.15, 0.2) is 4.42 Å². The minimum Gasteiger partial charge on any atom is -0.426 e. The van der Waals surface area contributed by atoms with Crippen LogP contribution in [0, 0.1) is 6.92 Å². The fourth-order valence-electron chi connectivity index (χ4n) is 1.28. The molecule has 0 saturated carbocycles. The van der Waals surface area contributed by atoms with E-state index in [2.05, 4.69) is 15.1 Å². The normalized spacial score (nSPS) is 13.4. The second kappa shape index (κ2) is 5.82. The van der Waals surface area contributed by atoms with Crippen LogP contribution in [0.25, 0.3) is 0 Å². The summed E-state index contributed by atoms with van der Waals surface area (Å²) in [5, 5.41) is 16.6. The molecule has 0 radical (unpaired) electrons. The summed E-state index contributed by atoms with van der Waals surface area (Å²) in [7, 11) is 2.00. The average Bonchev–Trinajstić information content (AvgIpc) is 2.63. The molecule has 15 heavy (non-hydrogen) atoms. The molecule has 86 valence electrons. The first-order valence-electron chi connectivity index (χ1n) is 5.23. The van der Waals surface area contributed by atoms with E-state index >= 15 is 0 Å². The molecular weight excluding hydrogens is 194 g/mol. The first-order valence-corrected chi connectivity index (χ1v) is 5.23. The second-order valence-electron chi connectivity index (χ2n) is 3.83. The molecular formula is C10H19N3O2. The fraction of sp³-hybridized carbons (Fsp3) is 0.800. The molecule has 5 heteroatoms. The maximum atomic E-state index is 8.94. The quantitative estimate of drug-likeness (QED) is 0.750. The number of aryl methyl sites for hydroxylation is 2. The Hall–Kier alpha value is -0.940. The van der Waals surface area contributed by atoms with Gasteiger partial charge in [0, 0.05) is 19.4 Å². The van der Waals surface area contributed by atoms with Crippen LogP contribution in [0.5, 0.6) is 0 Å². The van der Waals surface area contributed by atoms with Gasteiger partial charge in [-0.2, -0.15) is 0 Å². The largest absolute Gasteiger partial charge is 0.426 e. The number of rotatable bonds is 6. The van der Waals surface area contributed by atoms with Gasteiger partial charge in [0.1, 0.15) is 0 Å². The zero-order chi connectivity index (χ0) is 11.3. The molecule has 1 heterocycles. The van der Waals surface area contributed by atoms with Crippen molar-refractivity contribution in [3.05, 3.63) is 11.8 Å². The molecule has 0 aliphatic heterocycles. The van der Waals surface area contributed by atoms with Crippen molar-refractivity contribution in [1.82, 2.24) is 15.1 Å². The van der Waals surface area contributed by atoms with Gasteiger partial charge in [0.25, 0.3) is 0 Å². The number of likely N-dealkylation sites (N-methyl/N-ethyl adjacent to an activating group) is 1. The molecule has 1 unspecified atom stereocenters. The summed E-state index contributed by atoms with van der Waals surface area (Å²) >= 11 is 0. The lowest BCUT2D eigenvalue weighted by molar-refractivity contribution is 0.157. The van der Waals surface area contributed by atoms with Crippen LogP contribution in [0.4, 0.5) is 0 Å². The minimum absolute atomic E-state index is 0.191. The Morgan fingerprint density at radius 2 is 2.20 bits per heavy atom. The Kier molecular flexibility index (Phi) is 4.71. The van der Waals surface area contributed by atoms with Gasteiger partial charge in [-0.05, 0) is 26.9 Å². The zero-order valence-electron chi connectivity index (χ0n) is 9.60. The monoisotopic (exact) mass is 213 g/mol. The van der Waals surface area contributed by atoms with Crippen LogP contribution in [-0.2, 0) is 6.42 Å². The SMILES string of the molecule is Cc1nnc(CCCN(C)C(C)CO)o1. The minimum atomic E-state index is 0.191. The summed E-state index contributed by atoms with van der Waals surface area (Å²) < 4.78 is 5.26. The Morgan fingerprint density at radius 3 is 2.73 bits per heavy atom. The van der Waals surface area contributed by atoms with Gasteiger partial charge in [0.05, 0.1) is 6.61 Å². The standard InChI is InChI=1S/C10H19N3O2/c1-8(7-14)13(3)6-4-5-10-12-11-9(2)15-10/h8,14H,4-7H2,1-3H3. The van der Waals surface area contributed by atoms with E-state index < -0.39 is 0 Å². The summed E-state index contributed by atoms with van der Waals surface area (Å²) in [5.41, 5.74) is 0. The molecule has 1 atom stereocenters. The van der Waals surface area contributed by atoms with E-state index in [1.807, 2.05) is 14.0 Å². The van der Waals surface area contributed by atoms with E-state index in [9.17, 15) is 0 Å². The summed E-state index contributed by atoms with van der Waals surface area (Å²) in [5.74, 6) is 1.31. The molecule has 0 aliphatic rings. The van der Waals surface area contributed by atoms with Gasteiger partial charge >= 0.3 is 0 Å². The summed E-state index contributed by atoms with van der Waals surface area (Å²) in [6, 6.07) is 0.203. The van der Waals surface area contributed by atoms with Crippen molar-refractivity contribution in [2.75, 3.05) is 20.2 Å². The van der Waals surface area contributed by atoms with E-state index in [-0.39, 0.29) is 12.6 Å². The highest BCUT2D eigenvalue weighted by molar-refractivity contribution is 4.79. The van der Waals surface area contributed by atoms with Crippen molar-refractivity contribution in [1.29, 1.82) is 0 Å². The van der Waals surface area contributed by atoms with Crippen LogP contribution < -0.4 is 0 Å². The van der Waals surface area contributed by atoms with Gasteiger partial charge in [-0.25, -0.2) is 0 Å². The molecule has 0 aliphatic carbocycles. The lowest BCUT2D eigenvalue weighted by Crippen LogP contribution is -2.32. The lowest BCUT2D eigenvalue weighted by atomic mass is 10.2. The van der Waals surface area contributed by atoms with Gasteiger partial charge in [0.15, 0.2) is 0 Å². The Labute approximate surface area is 90.1 Å². The topological polar surface area (TPSA) is 62.4 Å². The smallest absolute Gasteiger partial charge is 0.216 e. The predicted molar refractivity (Wildman–Crippen MR) is 56.5 cm³/mol. The number of nitrogens with zero attached hydrogens (tertiary/aromatic N) is 3. The van der Waals surface area contributed by atoms with Gasteiger partial charge < -0.3 is 14.4 Å². The third kappa shape index (κ3) is 3.97. The number of aliphatic hydroxyl groups is 1. The van der Waals surface area contributed by atoms with Crippen molar-refractivity contribution in [3.8, 4) is 0 Å². The van der Waals surface area contributed by atoms with E-state index in [1.54, 1.807) is 6.92 Å². The van der Waals surface area contributed by atoms with Crippen molar-refractivity contribution in [2.45, 2.75) is 32.7 Å². The van der Waals surface area contributed by atoms with Crippen molar-refractivity contribution >= 4 is 0 Å². The van der Waals surface area contributed by atoms with Gasteiger partial charge in [-0.1, -0.05) is 0 Å². The van der Waals surface area contributed by atoms with E-state index in [0.717, 1.165) is 19.4 Å². The highest BCUT2D eigenvalue weighted by Gasteiger charge is 2.08. The Balaban J connectivity index is 2.21. The van der Waals surface area contributed by atoms with Crippen LogP contribution in [-0.4, -0.2) is 46.4 Å². The highest BCUT2D eigenvalue weighted by Crippen LogP contribution is 2.03. The third-order valence-corrected chi connectivity index (χ3v) is 2.49. The first kappa shape index (κ1) is 12.1. The molecule has 0 spiro atoms. The number of aliphatic hydroxyl groups excluding tert-OH is 1. The van der Waals surface area contributed by atoms with Crippen LogP contribution in [0.1, 0.15) is 25.1 Å². The second-order valence-corrected chi connectivity index (χ2v) is 3.83. The maximum Gasteiger partial charge on any atom is 0.216 e. The Bertz CT molecular complexity index is 288. The number of aromatic nitrogens is 2. The van der Waals surface area contributed by atoms with Crippen LogP contribution >= 0.6 is 0 Å². The van der Waals surface area contributed by atoms with E-state index in [4.69, 9.17) is 9.52 Å². The fourth-order valence-corrected chi connectivity index (χ4v) is 1.28. The van der Waals surface area contributed by atoms with Gasteiger partial charge in [-0.3, -0.25) is 0 Å². The summed E-state index contributed by atoms with van der Waals surface area (Å²) in [6.07, 6.45) is 1.76. The number of hydrogen-bond acceptors (Lipinski definition) is 5. The number of hydrogen-bond donors (Lipinski definition) is 1. The zero-order valence-corrected chi connectivity index (χ0v) is 9.60. The highest BCUT2D eigenvalue weighted by atomic mass is 16.4. The molecule has 0 aromatic carbocycles. The lowest BCUT2D eigenvalue weighted by Gasteiger charge is -2.22. The molecule has 1 aromatic rings. The molecule has 5 nitrogen and oxygen atoms in total. The molecule has 0 bridgehead atoms. The van der Waals surface area contributed by atoms with Crippen molar-refractivity contribution in [3.63, 3.8) is 0 Å². The van der Waals surface area contributed by atoms with Crippen LogP contribution in [0.2, 0.25) is 0 Å². The van der Waals surface area contributed by atoms with Gasteiger partial charge in [0.2, 0.25) is 11.8 Å². The predicted octanol–water partition coefficient (Wildman–Crippen LogP) is 0.623. The maximum absolute atomic E-state index is 8.94.